The number of nitriles is 1. The molecule has 518 valence electrons. The highest BCUT2D eigenvalue weighted by molar-refractivity contribution is 8.77. The summed E-state index contributed by atoms with van der Waals surface area (Å²) < 4.78 is 134. The van der Waals surface area contributed by atoms with Gasteiger partial charge in [-0.3, -0.25) is 0 Å². The van der Waals surface area contributed by atoms with E-state index in [1.165, 1.54) is 18.1 Å². The van der Waals surface area contributed by atoms with Gasteiger partial charge in [0.15, 0.2) is 0 Å². The Kier molecular flexibility index (Phi) is 29.8. The van der Waals surface area contributed by atoms with Crippen molar-refractivity contribution in [3.8, 4) is 23.3 Å². The van der Waals surface area contributed by atoms with Crippen LogP contribution in [0.4, 0.5) is 26.3 Å². The number of benzene rings is 4. The third kappa shape index (κ3) is 20.2. The molecule has 11 nitrogen and oxygen atoms in total. The molecule has 93 heavy (non-hydrogen) atoms. The van der Waals surface area contributed by atoms with Gasteiger partial charge in [-0.15, -0.1) is 0 Å². The van der Waals surface area contributed by atoms with E-state index in [2.05, 4.69) is 136 Å². The molecule has 2 saturated carbocycles. The first-order chi connectivity index (χ1) is 44.5. The number of unbranched alkanes of at least 4 members (excludes halogenated alkanes) is 3. The Bertz CT molecular complexity index is 2810. The van der Waals surface area contributed by atoms with Crippen LogP contribution in [0.5, 0.6) is 17.2 Å². The van der Waals surface area contributed by atoms with Crippen molar-refractivity contribution in [3.63, 3.8) is 0 Å². The lowest BCUT2D eigenvalue weighted by Gasteiger charge is -2.50. The minimum Gasteiger partial charge on any atom is -0.497 e. The van der Waals surface area contributed by atoms with Crippen molar-refractivity contribution in [2.45, 2.75) is 198 Å². The van der Waals surface area contributed by atoms with Gasteiger partial charge >= 0.3 is 12.4 Å². The minimum absolute atomic E-state index is 0.0420. The fraction of sp³-hybridized carbons (Fsp3) is 0.658. The number of rotatable bonds is 41. The molecule has 4 aromatic carbocycles. The fourth-order valence-corrected chi connectivity index (χ4v) is 18.5. The Hall–Kier alpha value is -3.80. The Morgan fingerprint density at radius 3 is 1.99 bits per heavy atom. The molecule has 0 amide bonds. The quantitative estimate of drug-likeness (QED) is 0.0139. The number of alkyl halides is 6. The molecule has 3 aliphatic carbocycles. The number of fused-ring (bicyclic) bond motifs is 5. The number of hydrogen-bond donors (Lipinski definition) is 0. The van der Waals surface area contributed by atoms with Gasteiger partial charge in [0.1, 0.15) is 29.5 Å². The summed E-state index contributed by atoms with van der Waals surface area (Å²) >= 11 is 0. The summed E-state index contributed by atoms with van der Waals surface area (Å²) in [7, 11) is 8.07. The molecule has 0 saturated heterocycles. The van der Waals surface area contributed by atoms with Gasteiger partial charge in [-0.2, -0.15) is 31.6 Å². The molecule has 0 spiro atoms. The lowest BCUT2D eigenvalue weighted by molar-refractivity contribution is -0.383. The first-order valence-electron chi connectivity index (χ1n) is 33.8. The summed E-state index contributed by atoms with van der Waals surface area (Å²) in [5.41, 5.74) is 0.502. The molecule has 4 aromatic rings. The molecule has 3 aliphatic rings. The van der Waals surface area contributed by atoms with Gasteiger partial charge in [0.2, 0.25) is 0 Å². The average molecular weight is 1360 g/mol. The van der Waals surface area contributed by atoms with Crippen LogP contribution in [0, 0.1) is 34.5 Å². The topological polar surface area (TPSA) is 104 Å². The molecule has 0 bridgehead atoms. The second kappa shape index (κ2) is 36.2. The monoisotopic (exact) mass is 1360 g/mol. The zero-order valence-electron chi connectivity index (χ0n) is 56.7. The van der Waals surface area contributed by atoms with Crippen molar-refractivity contribution in [3.05, 3.63) is 125 Å². The number of likely N-dealkylation sites (N-methyl/N-ethyl adjacent to an activating group) is 1. The van der Waals surface area contributed by atoms with Gasteiger partial charge in [0.05, 0.1) is 59.2 Å². The number of methoxy groups -OCH3 is 2. The normalized spacial score (nSPS) is 20.1. The Labute approximate surface area is 561 Å². The molecule has 7 atom stereocenters. The summed E-state index contributed by atoms with van der Waals surface area (Å²) in [6.45, 7) is 18.4. The molecule has 20 heteroatoms. The van der Waals surface area contributed by atoms with Crippen LogP contribution in [-0.4, -0.2) is 131 Å². The highest BCUT2D eigenvalue weighted by Gasteiger charge is 2.71. The van der Waals surface area contributed by atoms with Crippen molar-refractivity contribution >= 4 is 30.1 Å². The zero-order valence-corrected chi connectivity index (χ0v) is 59.3. The molecular formula is C73H104F6N3O8PS2. The lowest BCUT2D eigenvalue weighted by Crippen LogP contribution is -2.58. The van der Waals surface area contributed by atoms with Gasteiger partial charge in [0, 0.05) is 42.2 Å². The molecule has 7 rings (SSSR count). The van der Waals surface area contributed by atoms with Gasteiger partial charge in [0.25, 0.3) is 14.1 Å². The Balaban J connectivity index is 0.845. The predicted molar refractivity (Wildman–Crippen MR) is 364 cm³/mol. The largest absolute Gasteiger partial charge is 0.497 e. The fourth-order valence-electron chi connectivity index (χ4n) is 14.2. The first kappa shape index (κ1) is 76.6. The number of aryl methyl sites for hydroxylation is 1. The van der Waals surface area contributed by atoms with Gasteiger partial charge in [-0.05, 0) is 199 Å². The van der Waals surface area contributed by atoms with Crippen LogP contribution in [0.1, 0.15) is 179 Å². The van der Waals surface area contributed by atoms with Crippen LogP contribution in [-0.2, 0) is 35.3 Å². The third-order valence-corrected chi connectivity index (χ3v) is 24.8. The lowest BCUT2D eigenvalue weighted by atomic mass is 9.55. The van der Waals surface area contributed by atoms with Crippen LogP contribution in [0.3, 0.4) is 0 Å². The molecule has 0 aliphatic heterocycles. The van der Waals surface area contributed by atoms with E-state index in [4.69, 9.17) is 32.7 Å². The summed E-state index contributed by atoms with van der Waals surface area (Å²) in [6.07, 6.45) is -0.273. The van der Waals surface area contributed by atoms with E-state index in [1.54, 1.807) is 14.2 Å². The average Bonchev–Trinajstić information content (AvgIpc) is 1.72. The number of hydrogen-bond acceptors (Lipinski definition) is 13. The smallest absolute Gasteiger partial charge is 0.426 e. The van der Waals surface area contributed by atoms with E-state index < -0.39 is 45.1 Å². The maximum Gasteiger partial charge on any atom is 0.426 e. The third-order valence-electron chi connectivity index (χ3n) is 19.5. The van der Waals surface area contributed by atoms with Gasteiger partial charge in [-0.25, -0.2) is 4.67 Å². The zero-order chi connectivity index (χ0) is 67.3. The Morgan fingerprint density at radius 1 is 0.710 bits per heavy atom. The van der Waals surface area contributed by atoms with Crippen molar-refractivity contribution in [2.75, 3.05) is 86.3 Å². The van der Waals surface area contributed by atoms with Crippen molar-refractivity contribution in [1.29, 1.82) is 5.26 Å². The number of ether oxygens (including phenoxy) is 6. The van der Waals surface area contributed by atoms with E-state index in [9.17, 15) is 31.6 Å². The van der Waals surface area contributed by atoms with Crippen molar-refractivity contribution < 1.29 is 63.8 Å². The maximum atomic E-state index is 13.8. The molecule has 7 unspecified atom stereocenters. The van der Waals surface area contributed by atoms with Crippen LogP contribution < -0.4 is 14.2 Å². The second-order valence-corrected chi connectivity index (χ2v) is 31.2. The van der Waals surface area contributed by atoms with E-state index in [0.29, 0.717) is 50.6 Å². The van der Waals surface area contributed by atoms with Gasteiger partial charge in [-0.1, -0.05) is 129 Å². The van der Waals surface area contributed by atoms with E-state index in [-0.39, 0.29) is 47.7 Å². The van der Waals surface area contributed by atoms with Crippen LogP contribution in [0.2, 0.25) is 0 Å². The molecule has 0 heterocycles. The molecular weight excluding hydrogens is 1260 g/mol. The van der Waals surface area contributed by atoms with Crippen LogP contribution in [0.25, 0.3) is 0 Å². The molecule has 2 fully saturated rings. The number of nitrogens with zero attached hydrogens (tertiary/aromatic N) is 3. The molecule has 0 aromatic heterocycles. The predicted octanol–water partition coefficient (Wildman–Crippen LogP) is 19.4. The Morgan fingerprint density at radius 2 is 1.37 bits per heavy atom. The second-order valence-electron chi connectivity index (χ2n) is 26.6. The van der Waals surface area contributed by atoms with E-state index in [1.807, 2.05) is 51.9 Å². The summed E-state index contributed by atoms with van der Waals surface area (Å²) in [5.74, 6) is 4.92. The van der Waals surface area contributed by atoms with Crippen LogP contribution >= 0.6 is 30.1 Å². The van der Waals surface area contributed by atoms with Gasteiger partial charge < -0.3 is 42.4 Å². The molecule has 0 radical (unpaired) electrons. The SMILES string of the molecule is CCCC(OCCCOC1CCC2C3CCc4cc(OCCN(C)CCC(C)(C)SSCCCCCCC(COP(OCCC#N)N(CC)C(C)C)COC(c5ccccc5)(c5ccc(OC)cc5)c5ccc(OC)cc5)ccc4C3CCC12C)(C(F)(F)F)C(F)(F)F. The number of halogens is 6. The molecule has 0 N–H and O–H groups in total. The minimum atomic E-state index is -5.57. The first-order valence-corrected chi connectivity index (χ1v) is 37.3. The highest BCUT2D eigenvalue weighted by Crippen LogP contribution is 2.62. The summed E-state index contributed by atoms with van der Waals surface area (Å²) in [5, 5.41) is 9.37. The van der Waals surface area contributed by atoms with Crippen molar-refractivity contribution in [2.24, 2.45) is 23.2 Å². The van der Waals surface area contributed by atoms with E-state index >= 15 is 0 Å². The van der Waals surface area contributed by atoms with E-state index in [0.717, 1.165) is 136 Å². The maximum absolute atomic E-state index is 13.8. The van der Waals surface area contributed by atoms with Crippen molar-refractivity contribution in [1.82, 2.24) is 9.57 Å². The summed E-state index contributed by atoms with van der Waals surface area (Å²) in [6, 6.07) is 35.7. The highest BCUT2D eigenvalue weighted by atomic mass is 33.1. The van der Waals surface area contributed by atoms with Crippen LogP contribution in [0.15, 0.2) is 97.1 Å². The standard InChI is InChI=1S/C73H104F6N3O8PS2/c1-11-40-70(72(74,75)76,73(77,78)79)87-47-21-46-86-67-38-37-66-65-35-25-56-51-62(34-36-63(56)64(65)39-41-69(66,67)7)85-49-45-81(8)44-42-68(5,6)93-92-50-19-14-13-16-22-55(53-90-91(89-48-20-43-80)82(12-2)54(3)4)52-88-71(57-23-17-15-18-24-57,58-26-30-60(83-9)31-27-58)59-28-32-61(84-10)33-29-59/h15,17-18,23-24,26-34,36,51,54-55,64-67H,11-14,16,19-22,25,35,37-42,44-50,52-53H2,1-10H3. The summed E-state index contributed by atoms with van der Waals surface area (Å²) in [4.78, 5) is 2.36.